The molecule has 5 nitrogen and oxygen atoms in total. The second-order valence-corrected chi connectivity index (χ2v) is 8.66. The number of hydrogen-bond acceptors (Lipinski definition) is 4. The lowest BCUT2D eigenvalue weighted by molar-refractivity contribution is -0.136. The van der Waals surface area contributed by atoms with Crippen molar-refractivity contribution in [2.24, 2.45) is 0 Å². The quantitative estimate of drug-likeness (QED) is 0.706. The van der Waals surface area contributed by atoms with E-state index in [-0.39, 0.29) is 17.9 Å². The van der Waals surface area contributed by atoms with Gasteiger partial charge in [-0.05, 0) is 42.7 Å². The van der Waals surface area contributed by atoms with Crippen molar-refractivity contribution in [1.82, 2.24) is 8.86 Å². The van der Waals surface area contributed by atoms with Crippen molar-refractivity contribution in [2.45, 2.75) is 31.4 Å². The van der Waals surface area contributed by atoms with E-state index in [9.17, 15) is 14.7 Å². The van der Waals surface area contributed by atoms with Gasteiger partial charge in [-0.1, -0.05) is 47.4 Å². The van der Waals surface area contributed by atoms with Crippen molar-refractivity contribution < 1.29 is 9.90 Å². The lowest BCUT2D eigenvalue weighted by Crippen LogP contribution is -2.45. The zero-order valence-electron chi connectivity index (χ0n) is 15.3. The number of carbonyl (C=O) groups is 1. The molecule has 1 aliphatic rings. The van der Waals surface area contributed by atoms with Crippen molar-refractivity contribution in [3.05, 3.63) is 69.5 Å². The van der Waals surface area contributed by atoms with Gasteiger partial charge in [-0.25, -0.2) is 0 Å². The van der Waals surface area contributed by atoms with Gasteiger partial charge in [-0.3, -0.25) is 13.5 Å². The third-order valence-electron chi connectivity index (χ3n) is 5.41. The normalized spacial score (nSPS) is 16.4. The monoisotopic (exact) mass is 416 g/mol. The van der Waals surface area contributed by atoms with Gasteiger partial charge >= 0.3 is 0 Å². The maximum Gasteiger partial charge on any atom is 0.268 e. The number of amides is 1. The number of piperidine rings is 1. The predicted molar refractivity (Wildman–Crippen MR) is 112 cm³/mol. The number of likely N-dealkylation sites (tertiary alicyclic amines) is 1. The molecule has 1 saturated heterocycles. The Kier molecular flexibility index (Phi) is 5.27. The van der Waals surface area contributed by atoms with Gasteiger partial charge < -0.3 is 10.0 Å². The van der Waals surface area contributed by atoms with Crippen LogP contribution in [0.25, 0.3) is 10.1 Å². The maximum absolute atomic E-state index is 12.6. The third kappa shape index (κ3) is 3.72. The second kappa shape index (κ2) is 7.70. The summed E-state index contributed by atoms with van der Waals surface area (Å²) in [5.74, 6) is 0.0162. The van der Waals surface area contributed by atoms with Gasteiger partial charge in [0.15, 0.2) is 0 Å². The highest BCUT2D eigenvalue weighted by Gasteiger charge is 2.35. The number of halogens is 1. The van der Waals surface area contributed by atoms with Gasteiger partial charge in [0.2, 0.25) is 5.91 Å². The Labute approximate surface area is 171 Å². The zero-order chi connectivity index (χ0) is 19.7. The van der Waals surface area contributed by atoms with Crippen LogP contribution in [0.2, 0.25) is 5.02 Å². The van der Waals surface area contributed by atoms with Crippen LogP contribution >= 0.6 is 23.1 Å². The van der Waals surface area contributed by atoms with E-state index in [2.05, 4.69) is 0 Å². The first-order valence-corrected chi connectivity index (χ1v) is 10.5. The molecule has 146 valence electrons. The molecule has 0 atom stereocenters. The summed E-state index contributed by atoms with van der Waals surface area (Å²) in [6.45, 7) is 1.38. The van der Waals surface area contributed by atoms with E-state index in [1.165, 1.54) is 11.5 Å². The topological polar surface area (TPSA) is 62.5 Å². The first-order valence-electron chi connectivity index (χ1n) is 9.31. The molecule has 0 spiro atoms. The lowest BCUT2D eigenvalue weighted by Gasteiger charge is -2.38. The Bertz CT molecular complexity index is 1050. The van der Waals surface area contributed by atoms with Crippen LogP contribution < -0.4 is 5.56 Å². The molecule has 1 aliphatic heterocycles. The summed E-state index contributed by atoms with van der Waals surface area (Å²) in [6, 6.07) is 14.7. The SMILES string of the molecule is O=C(CCn1sc2ccccc2c1=O)N1CCC(O)(c2ccc(Cl)cc2)CC1. The molecule has 1 amide bonds. The largest absolute Gasteiger partial charge is 0.385 e. The maximum atomic E-state index is 12.6. The van der Waals surface area contributed by atoms with Gasteiger partial charge in [0.05, 0.1) is 15.7 Å². The molecule has 28 heavy (non-hydrogen) atoms. The van der Waals surface area contributed by atoms with Crippen LogP contribution in [0.1, 0.15) is 24.8 Å². The summed E-state index contributed by atoms with van der Waals surface area (Å²) in [5, 5.41) is 12.3. The first-order chi connectivity index (χ1) is 13.5. The Hall–Kier alpha value is -2.15. The minimum absolute atomic E-state index is 0.0162. The fourth-order valence-corrected chi connectivity index (χ4v) is 4.82. The molecule has 0 bridgehead atoms. The van der Waals surface area contributed by atoms with E-state index < -0.39 is 5.60 Å². The van der Waals surface area contributed by atoms with Crippen molar-refractivity contribution >= 4 is 39.1 Å². The lowest BCUT2D eigenvalue weighted by atomic mass is 9.84. The fourth-order valence-electron chi connectivity index (χ4n) is 3.69. The molecule has 7 heteroatoms. The number of aromatic nitrogens is 1. The number of nitrogens with zero attached hydrogens (tertiary/aromatic N) is 2. The predicted octanol–water partition coefficient (Wildman–Crippen LogP) is 3.62. The van der Waals surface area contributed by atoms with Crippen molar-refractivity contribution in [2.75, 3.05) is 13.1 Å². The second-order valence-electron chi connectivity index (χ2n) is 7.16. The molecule has 2 heterocycles. The van der Waals surface area contributed by atoms with Crippen LogP contribution in [0.5, 0.6) is 0 Å². The molecule has 2 aromatic carbocycles. The Morgan fingerprint density at radius 1 is 1.11 bits per heavy atom. The Morgan fingerprint density at radius 2 is 1.79 bits per heavy atom. The fraction of sp³-hybridized carbons (Fsp3) is 0.333. The summed E-state index contributed by atoms with van der Waals surface area (Å²) < 4.78 is 2.59. The van der Waals surface area contributed by atoms with Crippen LogP contribution in [0, 0.1) is 0 Å². The van der Waals surface area contributed by atoms with Gasteiger partial charge in [0.25, 0.3) is 5.56 Å². The summed E-state index contributed by atoms with van der Waals surface area (Å²) in [5.41, 5.74) is -0.131. The number of fused-ring (bicyclic) bond motifs is 1. The molecule has 1 fully saturated rings. The standard InChI is InChI=1S/C21H21ClN2O3S/c22-16-7-5-15(6-8-16)21(27)10-13-23(14-11-21)19(25)9-12-24-20(26)17-3-1-2-4-18(17)28-24/h1-8,27H,9-14H2. The summed E-state index contributed by atoms with van der Waals surface area (Å²) in [6.07, 6.45) is 1.26. The smallest absolute Gasteiger partial charge is 0.268 e. The highest BCUT2D eigenvalue weighted by molar-refractivity contribution is 7.13. The molecule has 1 aromatic heterocycles. The minimum atomic E-state index is -0.927. The third-order valence-corrected chi connectivity index (χ3v) is 6.78. The first kappa shape index (κ1) is 19.2. The number of hydrogen-bond donors (Lipinski definition) is 1. The molecule has 0 saturated carbocycles. The number of benzene rings is 2. The highest BCUT2D eigenvalue weighted by atomic mass is 35.5. The molecule has 4 rings (SSSR count). The molecular weight excluding hydrogens is 396 g/mol. The number of aliphatic hydroxyl groups is 1. The molecule has 0 aliphatic carbocycles. The molecular formula is C21H21ClN2O3S. The molecule has 3 aromatic rings. The van der Waals surface area contributed by atoms with Crippen molar-refractivity contribution in [1.29, 1.82) is 0 Å². The Morgan fingerprint density at radius 3 is 2.46 bits per heavy atom. The van der Waals surface area contributed by atoms with Crippen molar-refractivity contribution in [3.63, 3.8) is 0 Å². The molecule has 1 N–H and O–H groups in total. The van der Waals surface area contributed by atoms with E-state index >= 15 is 0 Å². The zero-order valence-corrected chi connectivity index (χ0v) is 16.9. The van der Waals surface area contributed by atoms with Crippen LogP contribution in [0.3, 0.4) is 0 Å². The van der Waals surface area contributed by atoms with Crippen LogP contribution in [0.15, 0.2) is 53.3 Å². The highest BCUT2D eigenvalue weighted by Crippen LogP contribution is 2.33. The molecule has 0 unspecified atom stereocenters. The summed E-state index contributed by atoms with van der Waals surface area (Å²) >= 11 is 7.32. The van der Waals surface area contributed by atoms with Gasteiger partial charge in [0, 0.05) is 31.1 Å². The van der Waals surface area contributed by atoms with E-state index in [0.29, 0.717) is 42.9 Å². The van der Waals surface area contributed by atoms with E-state index in [4.69, 9.17) is 11.6 Å². The van der Waals surface area contributed by atoms with Gasteiger partial charge in [-0.15, -0.1) is 0 Å². The number of rotatable bonds is 4. The average molecular weight is 417 g/mol. The van der Waals surface area contributed by atoms with E-state index in [0.717, 1.165) is 10.3 Å². The average Bonchev–Trinajstić information content (AvgIpc) is 3.03. The van der Waals surface area contributed by atoms with Gasteiger partial charge in [-0.2, -0.15) is 0 Å². The van der Waals surface area contributed by atoms with Crippen LogP contribution in [-0.2, 0) is 16.9 Å². The number of aryl methyl sites for hydroxylation is 1. The van der Waals surface area contributed by atoms with Crippen LogP contribution in [0.4, 0.5) is 0 Å². The van der Waals surface area contributed by atoms with E-state index in [1.54, 1.807) is 21.0 Å². The summed E-state index contributed by atoms with van der Waals surface area (Å²) in [4.78, 5) is 26.8. The van der Waals surface area contributed by atoms with Gasteiger partial charge in [0.1, 0.15) is 0 Å². The van der Waals surface area contributed by atoms with E-state index in [1.807, 2.05) is 36.4 Å². The number of carbonyl (C=O) groups excluding carboxylic acids is 1. The Balaban J connectivity index is 1.37. The minimum Gasteiger partial charge on any atom is -0.385 e. The summed E-state index contributed by atoms with van der Waals surface area (Å²) in [7, 11) is 0. The van der Waals surface area contributed by atoms with Crippen molar-refractivity contribution in [3.8, 4) is 0 Å². The molecule has 0 radical (unpaired) electrons. The van der Waals surface area contributed by atoms with Crippen LogP contribution in [-0.4, -0.2) is 33.0 Å².